The van der Waals surface area contributed by atoms with Crippen LogP contribution in [-0.4, -0.2) is 53.3 Å². The molecule has 0 spiro atoms. The van der Waals surface area contributed by atoms with E-state index in [1.54, 1.807) is 7.11 Å². The fraction of sp³-hybridized carbons (Fsp3) is 0.571. The minimum absolute atomic E-state index is 0.207. The summed E-state index contributed by atoms with van der Waals surface area (Å²) in [6.45, 7) is 2.96. The number of rotatable bonds is 6. The molecule has 0 amide bonds. The lowest BCUT2D eigenvalue weighted by atomic mass is 10.0. The van der Waals surface area contributed by atoms with E-state index in [9.17, 15) is 5.11 Å². The van der Waals surface area contributed by atoms with Gasteiger partial charge in [0.15, 0.2) is 0 Å². The van der Waals surface area contributed by atoms with Crippen molar-refractivity contribution >= 4 is 5.69 Å². The number of piperidine rings is 1. The molecular formula is C21H30N4O2. The van der Waals surface area contributed by atoms with Crippen LogP contribution in [0.25, 0.3) is 0 Å². The van der Waals surface area contributed by atoms with Crippen molar-refractivity contribution in [3.05, 3.63) is 42.7 Å². The Balaban J connectivity index is 1.26. The molecule has 1 aliphatic carbocycles. The van der Waals surface area contributed by atoms with Crippen LogP contribution in [0.15, 0.2) is 42.7 Å². The average Bonchev–Trinajstić information content (AvgIpc) is 3.32. The number of nitrogens with one attached hydrogen (secondary N) is 1. The summed E-state index contributed by atoms with van der Waals surface area (Å²) in [6.07, 6.45) is 7.66. The fourth-order valence-electron chi connectivity index (χ4n) is 4.53. The van der Waals surface area contributed by atoms with Crippen LogP contribution >= 0.6 is 0 Å². The van der Waals surface area contributed by atoms with E-state index in [0.717, 1.165) is 51.1 Å². The molecule has 1 aliphatic heterocycles. The highest BCUT2D eigenvalue weighted by molar-refractivity contribution is 5.51. The summed E-state index contributed by atoms with van der Waals surface area (Å²) in [4.78, 5) is 2.42. The first kappa shape index (κ1) is 18.3. The normalized spacial score (nSPS) is 26.4. The molecule has 2 heterocycles. The summed E-state index contributed by atoms with van der Waals surface area (Å²) in [7, 11) is 1.71. The predicted octanol–water partition coefficient (Wildman–Crippen LogP) is 2.29. The standard InChI is InChI=1S/C21H30N4O2/c1-27-19-5-2-4-18(14-19)24-10-6-17(7-11-24)23-20-12-16(13-21(20)26)15-25-9-3-8-22-25/h2-5,8-9,14,16-17,20-21,23,26H,6-7,10-13,15H2,1H3/t16?,20-,21-/m1/s1. The summed E-state index contributed by atoms with van der Waals surface area (Å²) >= 11 is 0. The van der Waals surface area contributed by atoms with Crippen LogP contribution in [0.1, 0.15) is 25.7 Å². The van der Waals surface area contributed by atoms with Crippen molar-refractivity contribution in [2.75, 3.05) is 25.1 Å². The zero-order chi connectivity index (χ0) is 18.6. The number of aromatic nitrogens is 2. The van der Waals surface area contributed by atoms with Crippen LogP contribution in [0, 0.1) is 5.92 Å². The van der Waals surface area contributed by atoms with E-state index in [1.807, 2.05) is 35.3 Å². The molecule has 6 nitrogen and oxygen atoms in total. The van der Waals surface area contributed by atoms with Gasteiger partial charge in [0, 0.05) is 55.9 Å². The fourth-order valence-corrected chi connectivity index (χ4v) is 4.53. The third-order valence-corrected chi connectivity index (χ3v) is 5.99. The van der Waals surface area contributed by atoms with Crippen LogP contribution in [-0.2, 0) is 6.54 Å². The molecule has 0 radical (unpaired) electrons. The Kier molecular flexibility index (Phi) is 5.64. The maximum Gasteiger partial charge on any atom is 0.120 e. The Morgan fingerprint density at radius 1 is 1.22 bits per heavy atom. The Morgan fingerprint density at radius 3 is 2.81 bits per heavy atom. The van der Waals surface area contributed by atoms with E-state index in [2.05, 4.69) is 27.4 Å². The third kappa shape index (κ3) is 4.45. The molecular weight excluding hydrogens is 340 g/mol. The van der Waals surface area contributed by atoms with Crippen LogP contribution in [0.2, 0.25) is 0 Å². The van der Waals surface area contributed by atoms with Gasteiger partial charge in [0.05, 0.1) is 13.2 Å². The van der Waals surface area contributed by atoms with E-state index in [1.165, 1.54) is 5.69 Å². The summed E-state index contributed by atoms with van der Waals surface area (Å²) in [5, 5.41) is 18.5. The van der Waals surface area contributed by atoms with E-state index in [-0.39, 0.29) is 12.1 Å². The van der Waals surface area contributed by atoms with E-state index in [4.69, 9.17) is 4.74 Å². The molecule has 27 heavy (non-hydrogen) atoms. The smallest absolute Gasteiger partial charge is 0.120 e. The van der Waals surface area contributed by atoms with Crippen molar-refractivity contribution in [1.82, 2.24) is 15.1 Å². The summed E-state index contributed by atoms with van der Waals surface area (Å²) in [5.41, 5.74) is 1.23. The SMILES string of the molecule is COc1cccc(N2CCC(N[C@@H]3CC(Cn4cccn4)C[C@H]3O)CC2)c1. The molecule has 6 heteroatoms. The molecule has 1 saturated carbocycles. The largest absolute Gasteiger partial charge is 0.497 e. The number of nitrogens with zero attached hydrogens (tertiary/aromatic N) is 3. The van der Waals surface area contributed by atoms with Gasteiger partial charge >= 0.3 is 0 Å². The highest BCUT2D eigenvalue weighted by Gasteiger charge is 2.35. The molecule has 2 aromatic rings. The van der Waals surface area contributed by atoms with E-state index in [0.29, 0.717) is 12.0 Å². The quantitative estimate of drug-likeness (QED) is 0.817. The summed E-state index contributed by atoms with van der Waals surface area (Å²) in [5.74, 6) is 1.40. The van der Waals surface area contributed by atoms with E-state index >= 15 is 0 Å². The topological polar surface area (TPSA) is 62.5 Å². The number of ether oxygens (including phenoxy) is 1. The van der Waals surface area contributed by atoms with Crippen molar-refractivity contribution in [2.24, 2.45) is 5.92 Å². The minimum Gasteiger partial charge on any atom is -0.497 e. The Morgan fingerprint density at radius 2 is 2.07 bits per heavy atom. The number of aliphatic hydroxyl groups is 1. The third-order valence-electron chi connectivity index (χ3n) is 5.99. The second-order valence-electron chi connectivity index (χ2n) is 7.87. The Bertz CT molecular complexity index is 713. The number of methoxy groups -OCH3 is 1. The summed E-state index contributed by atoms with van der Waals surface area (Å²) in [6, 6.07) is 10.9. The van der Waals surface area contributed by atoms with Crippen LogP contribution in [0.5, 0.6) is 5.75 Å². The summed E-state index contributed by atoms with van der Waals surface area (Å²) < 4.78 is 7.32. The molecule has 0 bridgehead atoms. The minimum atomic E-state index is -0.248. The first-order valence-corrected chi connectivity index (χ1v) is 10.0. The molecule has 2 aliphatic rings. The molecule has 1 aromatic carbocycles. The zero-order valence-corrected chi connectivity index (χ0v) is 16.0. The molecule has 1 unspecified atom stereocenters. The number of anilines is 1. The van der Waals surface area contributed by atoms with Crippen molar-refractivity contribution in [3.63, 3.8) is 0 Å². The zero-order valence-electron chi connectivity index (χ0n) is 16.0. The maximum atomic E-state index is 10.5. The molecule has 3 atom stereocenters. The van der Waals surface area contributed by atoms with Crippen LogP contribution in [0.4, 0.5) is 5.69 Å². The monoisotopic (exact) mass is 370 g/mol. The molecule has 1 aromatic heterocycles. The van der Waals surface area contributed by atoms with E-state index < -0.39 is 0 Å². The molecule has 1 saturated heterocycles. The van der Waals surface area contributed by atoms with Gasteiger partial charge in [0.25, 0.3) is 0 Å². The highest BCUT2D eigenvalue weighted by atomic mass is 16.5. The van der Waals surface area contributed by atoms with Gasteiger partial charge in [-0.15, -0.1) is 0 Å². The highest BCUT2D eigenvalue weighted by Crippen LogP contribution is 2.29. The van der Waals surface area contributed by atoms with Gasteiger partial charge in [-0.25, -0.2) is 0 Å². The van der Waals surface area contributed by atoms with Crippen molar-refractivity contribution in [2.45, 2.75) is 50.4 Å². The second-order valence-corrected chi connectivity index (χ2v) is 7.87. The van der Waals surface area contributed by atoms with Gasteiger partial charge in [0.2, 0.25) is 0 Å². The molecule has 2 fully saturated rings. The van der Waals surface area contributed by atoms with Gasteiger partial charge in [-0.1, -0.05) is 6.07 Å². The number of benzene rings is 1. The van der Waals surface area contributed by atoms with Crippen molar-refractivity contribution < 1.29 is 9.84 Å². The Labute approximate surface area is 161 Å². The molecule has 4 rings (SSSR count). The first-order valence-electron chi connectivity index (χ1n) is 10.0. The van der Waals surface area contributed by atoms with Gasteiger partial charge in [0.1, 0.15) is 5.75 Å². The lowest BCUT2D eigenvalue weighted by Gasteiger charge is -2.36. The predicted molar refractivity (Wildman–Crippen MR) is 106 cm³/mol. The van der Waals surface area contributed by atoms with Gasteiger partial charge < -0.3 is 20.1 Å². The lowest BCUT2D eigenvalue weighted by molar-refractivity contribution is 0.137. The van der Waals surface area contributed by atoms with Crippen LogP contribution in [0.3, 0.4) is 0 Å². The first-order chi connectivity index (χ1) is 13.2. The number of hydrogen-bond donors (Lipinski definition) is 2. The lowest BCUT2D eigenvalue weighted by Crippen LogP contribution is -2.48. The van der Waals surface area contributed by atoms with Crippen LogP contribution < -0.4 is 15.0 Å². The second kappa shape index (κ2) is 8.31. The van der Waals surface area contributed by atoms with Crippen molar-refractivity contribution in [1.29, 1.82) is 0 Å². The van der Waals surface area contributed by atoms with Crippen molar-refractivity contribution in [3.8, 4) is 5.75 Å². The van der Waals surface area contributed by atoms with Gasteiger partial charge in [-0.3, -0.25) is 4.68 Å². The maximum absolute atomic E-state index is 10.5. The average molecular weight is 370 g/mol. The van der Waals surface area contributed by atoms with Gasteiger partial charge in [-0.2, -0.15) is 5.10 Å². The molecule has 2 N–H and O–H groups in total. The number of aliphatic hydroxyl groups excluding tert-OH is 1. The Hall–Kier alpha value is -2.05. The number of hydrogen-bond acceptors (Lipinski definition) is 5. The molecule has 146 valence electrons. The van der Waals surface area contributed by atoms with Gasteiger partial charge in [-0.05, 0) is 49.8 Å².